The quantitative estimate of drug-likeness (QED) is 0.313. The van der Waals surface area contributed by atoms with Gasteiger partial charge >= 0.3 is 18.9 Å². The van der Waals surface area contributed by atoms with Crippen LogP contribution in [0.25, 0.3) is 0 Å². The number of rotatable bonds is 0. The minimum Gasteiger partial charge on any atom is -0.189 e. The van der Waals surface area contributed by atoms with Crippen LogP contribution < -0.4 is 18.9 Å². The Balaban J connectivity index is 0.000000500. The fraction of sp³-hybridized carbons (Fsp3) is 0.222. The van der Waals surface area contributed by atoms with Crippen molar-refractivity contribution in [3.05, 3.63) is 41.8 Å². The molecule has 1 aromatic rings. The van der Waals surface area contributed by atoms with E-state index in [0.717, 1.165) is 0 Å². The number of aryl methyl sites for hydroxylation is 1. The Hall–Kier alpha value is -0.313. The Bertz CT molecular complexity index is 195. The average Bonchev–Trinajstić information content (AvgIpc) is 2.33. The van der Waals surface area contributed by atoms with Gasteiger partial charge in [0, 0.05) is 0 Å². The summed E-state index contributed by atoms with van der Waals surface area (Å²) in [5.41, 5.74) is 2.95. The van der Waals surface area contributed by atoms with Crippen molar-refractivity contribution in [1.29, 1.82) is 0 Å². The number of hydrogen-bond donors (Lipinski definition) is 0. The van der Waals surface area contributed by atoms with Gasteiger partial charge in [-0.05, 0) is 0 Å². The maximum absolute atomic E-state index is 2.30. The van der Waals surface area contributed by atoms with Gasteiger partial charge in [0.2, 0.25) is 0 Å². The summed E-state index contributed by atoms with van der Waals surface area (Å²) >= 11 is 0. The van der Waals surface area contributed by atoms with E-state index in [-0.39, 0.29) is 18.9 Å². The van der Waals surface area contributed by atoms with Gasteiger partial charge in [-0.15, -0.1) is 17.7 Å². The van der Waals surface area contributed by atoms with E-state index < -0.39 is 0 Å². The first-order chi connectivity index (χ1) is 4.47. The maximum Gasteiger partial charge on any atom is 1.00 e. The molecule has 0 N–H and O–H groups in total. The second-order valence-corrected chi connectivity index (χ2v) is 2.44. The van der Waals surface area contributed by atoms with E-state index in [1.807, 2.05) is 0 Å². The van der Waals surface area contributed by atoms with Crippen molar-refractivity contribution in [2.24, 2.45) is 0 Å². The van der Waals surface area contributed by atoms with Gasteiger partial charge in [-0.25, -0.2) is 0 Å². The van der Waals surface area contributed by atoms with Crippen LogP contribution in [0.3, 0.4) is 0 Å². The van der Waals surface area contributed by atoms with Crippen LogP contribution in [0.15, 0.2) is 24.3 Å². The minimum absolute atomic E-state index is 0. The molecule has 1 aliphatic carbocycles. The molecule has 1 aliphatic rings. The maximum atomic E-state index is 2.30. The number of hydrogen-bond acceptors (Lipinski definition) is 0. The van der Waals surface area contributed by atoms with Crippen LogP contribution in [0.5, 0.6) is 0 Å². The fourth-order valence-corrected chi connectivity index (χ4v) is 1.34. The predicted molar refractivity (Wildman–Crippen MR) is 38.2 cm³/mol. The van der Waals surface area contributed by atoms with E-state index in [0.29, 0.717) is 0 Å². The van der Waals surface area contributed by atoms with E-state index in [1.165, 1.54) is 24.0 Å². The Morgan fingerprint density at radius 1 is 1.20 bits per heavy atom. The first-order valence-corrected chi connectivity index (χ1v) is 3.38. The zero-order chi connectivity index (χ0) is 6.10. The zero-order valence-corrected chi connectivity index (χ0v) is 6.30. The third-order valence-electron chi connectivity index (χ3n) is 1.83. The first kappa shape index (κ1) is 7.79. The van der Waals surface area contributed by atoms with Crippen molar-refractivity contribution in [3.8, 4) is 0 Å². The summed E-state index contributed by atoms with van der Waals surface area (Å²) in [6.07, 6.45) is 4.78. The molecule has 1 aromatic carbocycles. The van der Waals surface area contributed by atoms with Gasteiger partial charge in [-0.3, -0.25) is 0 Å². The molecule has 0 amide bonds. The molecule has 10 heavy (non-hydrogen) atoms. The fourth-order valence-electron chi connectivity index (χ4n) is 1.34. The normalized spacial score (nSPS) is 13.2. The van der Waals surface area contributed by atoms with Crippen LogP contribution >= 0.6 is 0 Å². The van der Waals surface area contributed by atoms with Crippen molar-refractivity contribution in [2.45, 2.75) is 12.8 Å². The number of fused-ring (bicyclic) bond motifs is 1. The molecular formula is C9H9Li. The zero-order valence-electron chi connectivity index (χ0n) is 6.30. The largest absolute Gasteiger partial charge is 1.00 e. The Kier molecular flexibility index (Phi) is 2.48. The summed E-state index contributed by atoms with van der Waals surface area (Å²) in [6, 6.07) is 8.60. The Morgan fingerprint density at radius 3 is 2.80 bits per heavy atom. The Labute approximate surface area is 73.8 Å². The van der Waals surface area contributed by atoms with Crippen molar-refractivity contribution in [2.75, 3.05) is 0 Å². The average molecular weight is 124 g/mol. The van der Waals surface area contributed by atoms with Gasteiger partial charge in [0.05, 0.1) is 0 Å². The molecule has 0 nitrogen and oxygen atoms in total. The standard InChI is InChI=1S/C9H9.Li/c1-2-5-9-7-3-6-8(9)4-1;/h1-2,4-6H,3,7H2;/q-1;+1. The van der Waals surface area contributed by atoms with E-state index in [4.69, 9.17) is 0 Å². The smallest absolute Gasteiger partial charge is 0.189 e. The van der Waals surface area contributed by atoms with Crippen LogP contribution in [-0.2, 0) is 6.42 Å². The molecule has 0 unspecified atom stereocenters. The van der Waals surface area contributed by atoms with Gasteiger partial charge in [0.15, 0.2) is 0 Å². The molecule has 0 atom stereocenters. The van der Waals surface area contributed by atoms with Crippen molar-refractivity contribution >= 4 is 0 Å². The third-order valence-corrected chi connectivity index (χ3v) is 1.83. The topological polar surface area (TPSA) is 0 Å². The molecular weight excluding hydrogens is 115 g/mol. The van der Waals surface area contributed by atoms with Gasteiger partial charge in [0.25, 0.3) is 0 Å². The van der Waals surface area contributed by atoms with E-state index >= 15 is 0 Å². The van der Waals surface area contributed by atoms with E-state index in [2.05, 4.69) is 30.7 Å². The summed E-state index contributed by atoms with van der Waals surface area (Å²) in [6.45, 7) is 0. The van der Waals surface area contributed by atoms with Gasteiger partial charge in [-0.1, -0.05) is 18.9 Å². The monoisotopic (exact) mass is 124 g/mol. The molecule has 0 aliphatic heterocycles. The predicted octanol–water partition coefficient (Wildman–Crippen LogP) is -0.811. The summed E-state index contributed by atoms with van der Waals surface area (Å²) < 4.78 is 0. The minimum atomic E-state index is 0. The summed E-state index contributed by atoms with van der Waals surface area (Å²) in [4.78, 5) is 0. The van der Waals surface area contributed by atoms with E-state index in [9.17, 15) is 0 Å². The molecule has 0 saturated heterocycles. The summed E-state index contributed by atoms with van der Waals surface area (Å²) in [5.74, 6) is 0. The van der Waals surface area contributed by atoms with Crippen molar-refractivity contribution in [3.63, 3.8) is 0 Å². The molecule has 0 radical (unpaired) electrons. The van der Waals surface area contributed by atoms with Crippen LogP contribution in [0, 0.1) is 6.42 Å². The molecule has 0 heterocycles. The molecule has 0 saturated carbocycles. The second kappa shape index (κ2) is 3.19. The Morgan fingerprint density at radius 2 is 2.00 bits per heavy atom. The third kappa shape index (κ3) is 1.23. The SMILES string of the molecule is [Li+].c1ccc2c(c1)[CH-]CC2. The van der Waals surface area contributed by atoms with Crippen LogP contribution in [0.2, 0.25) is 0 Å². The van der Waals surface area contributed by atoms with E-state index in [1.54, 1.807) is 0 Å². The molecule has 2 rings (SSSR count). The summed E-state index contributed by atoms with van der Waals surface area (Å²) in [7, 11) is 0. The molecule has 1 heteroatoms. The molecule has 0 aromatic heterocycles. The van der Waals surface area contributed by atoms with Crippen LogP contribution in [0.4, 0.5) is 0 Å². The summed E-state index contributed by atoms with van der Waals surface area (Å²) in [5, 5.41) is 0. The molecule has 0 bridgehead atoms. The van der Waals surface area contributed by atoms with Gasteiger partial charge in [0.1, 0.15) is 0 Å². The molecule has 0 fully saturated rings. The van der Waals surface area contributed by atoms with Gasteiger partial charge in [-0.2, -0.15) is 18.1 Å². The molecule has 46 valence electrons. The van der Waals surface area contributed by atoms with Crippen LogP contribution in [0.1, 0.15) is 17.5 Å². The van der Waals surface area contributed by atoms with Gasteiger partial charge < -0.3 is 0 Å². The number of benzene rings is 1. The van der Waals surface area contributed by atoms with Crippen LogP contribution in [-0.4, -0.2) is 0 Å². The van der Waals surface area contributed by atoms with Crippen molar-refractivity contribution < 1.29 is 18.9 Å². The molecule has 0 spiro atoms. The van der Waals surface area contributed by atoms with Crippen molar-refractivity contribution in [1.82, 2.24) is 0 Å². The second-order valence-electron chi connectivity index (χ2n) is 2.44. The first-order valence-electron chi connectivity index (χ1n) is 3.38.